The van der Waals surface area contributed by atoms with E-state index < -0.39 is 18.0 Å². The second-order valence-electron chi connectivity index (χ2n) is 3.16. The van der Waals surface area contributed by atoms with Gasteiger partial charge in [0.15, 0.2) is 0 Å². The SMILES string of the molecule is COC(=O)C(C)Nc1cncc(C(=O)O)c1. The molecule has 6 heteroatoms. The Hall–Kier alpha value is -2.11. The number of nitrogens with zero attached hydrogens (tertiary/aromatic N) is 1. The summed E-state index contributed by atoms with van der Waals surface area (Å²) in [5.41, 5.74) is 0.514. The molecule has 0 amide bonds. The molecule has 0 aromatic carbocycles. The van der Waals surface area contributed by atoms with Gasteiger partial charge in [-0.05, 0) is 13.0 Å². The Morgan fingerprint density at radius 1 is 1.50 bits per heavy atom. The third kappa shape index (κ3) is 2.94. The van der Waals surface area contributed by atoms with Crippen LogP contribution in [-0.4, -0.2) is 35.2 Å². The topological polar surface area (TPSA) is 88.5 Å². The van der Waals surface area contributed by atoms with E-state index in [9.17, 15) is 9.59 Å². The molecule has 16 heavy (non-hydrogen) atoms. The summed E-state index contributed by atoms with van der Waals surface area (Å²) in [6, 6.07) is 0.838. The zero-order valence-electron chi connectivity index (χ0n) is 8.93. The van der Waals surface area contributed by atoms with Gasteiger partial charge in [-0.1, -0.05) is 0 Å². The van der Waals surface area contributed by atoms with Crippen LogP contribution in [0.15, 0.2) is 18.5 Å². The van der Waals surface area contributed by atoms with Crippen molar-refractivity contribution in [2.45, 2.75) is 13.0 Å². The second kappa shape index (κ2) is 5.11. The highest BCUT2D eigenvalue weighted by Gasteiger charge is 2.13. The molecule has 6 nitrogen and oxygen atoms in total. The summed E-state index contributed by atoms with van der Waals surface area (Å²) in [6.07, 6.45) is 2.67. The number of ether oxygens (including phenoxy) is 1. The van der Waals surface area contributed by atoms with Crippen molar-refractivity contribution in [1.82, 2.24) is 4.98 Å². The van der Waals surface area contributed by atoms with Crippen molar-refractivity contribution in [3.8, 4) is 0 Å². The standard InChI is InChI=1S/C10H12N2O4/c1-6(10(15)16-2)12-8-3-7(9(13)14)4-11-5-8/h3-6,12H,1-2H3,(H,13,14). The molecule has 1 aromatic heterocycles. The maximum absolute atomic E-state index is 11.1. The Morgan fingerprint density at radius 3 is 2.75 bits per heavy atom. The van der Waals surface area contributed by atoms with E-state index in [1.165, 1.54) is 25.6 Å². The number of hydrogen-bond acceptors (Lipinski definition) is 5. The van der Waals surface area contributed by atoms with Gasteiger partial charge in [-0.15, -0.1) is 0 Å². The number of carboxylic acids is 1. The van der Waals surface area contributed by atoms with E-state index in [0.29, 0.717) is 5.69 Å². The first-order valence-electron chi connectivity index (χ1n) is 4.57. The van der Waals surface area contributed by atoms with Gasteiger partial charge in [-0.25, -0.2) is 9.59 Å². The minimum Gasteiger partial charge on any atom is -0.478 e. The summed E-state index contributed by atoms with van der Waals surface area (Å²) in [4.78, 5) is 25.5. The summed E-state index contributed by atoms with van der Waals surface area (Å²) in [5, 5.41) is 11.5. The number of methoxy groups -OCH3 is 1. The molecular formula is C10H12N2O4. The van der Waals surface area contributed by atoms with Gasteiger partial charge >= 0.3 is 11.9 Å². The summed E-state index contributed by atoms with van der Waals surface area (Å²) >= 11 is 0. The molecule has 0 aliphatic carbocycles. The van der Waals surface area contributed by atoms with Crippen LogP contribution in [0.25, 0.3) is 0 Å². The van der Waals surface area contributed by atoms with Crippen LogP contribution in [0.3, 0.4) is 0 Å². The van der Waals surface area contributed by atoms with Crippen molar-refractivity contribution in [2.75, 3.05) is 12.4 Å². The molecule has 0 radical (unpaired) electrons. The highest BCUT2D eigenvalue weighted by Crippen LogP contribution is 2.10. The Morgan fingerprint density at radius 2 is 2.19 bits per heavy atom. The number of anilines is 1. The fourth-order valence-electron chi connectivity index (χ4n) is 1.12. The first kappa shape index (κ1) is 12.0. The number of pyridine rings is 1. The van der Waals surface area contributed by atoms with Gasteiger partial charge in [-0.3, -0.25) is 4.98 Å². The maximum atomic E-state index is 11.1. The lowest BCUT2D eigenvalue weighted by Crippen LogP contribution is -2.27. The number of aromatic nitrogens is 1. The van der Waals surface area contributed by atoms with E-state index in [4.69, 9.17) is 5.11 Å². The average Bonchev–Trinajstić information content (AvgIpc) is 2.28. The van der Waals surface area contributed by atoms with Gasteiger partial charge in [0.2, 0.25) is 0 Å². The summed E-state index contributed by atoms with van der Waals surface area (Å²) in [5.74, 6) is -1.50. The number of nitrogens with one attached hydrogen (secondary N) is 1. The van der Waals surface area contributed by atoms with Gasteiger partial charge in [0, 0.05) is 6.20 Å². The van der Waals surface area contributed by atoms with Crippen molar-refractivity contribution in [3.63, 3.8) is 0 Å². The van der Waals surface area contributed by atoms with Crippen molar-refractivity contribution < 1.29 is 19.4 Å². The number of hydrogen-bond donors (Lipinski definition) is 2. The Bertz CT molecular complexity index is 406. The molecular weight excluding hydrogens is 212 g/mol. The highest BCUT2D eigenvalue weighted by atomic mass is 16.5. The Labute approximate surface area is 92.3 Å². The normalized spacial score (nSPS) is 11.6. The molecule has 2 N–H and O–H groups in total. The van der Waals surface area contributed by atoms with Gasteiger partial charge in [0.05, 0.1) is 24.6 Å². The first-order valence-corrected chi connectivity index (χ1v) is 4.57. The number of carbonyl (C=O) groups excluding carboxylic acids is 1. The molecule has 1 heterocycles. The average molecular weight is 224 g/mol. The van der Waals surface area contributed by atoms with Crippen molar-refractivity contribution in [2.24, 2.45) is 0 Å². The Balaban J connectivity index is 2.78. The van der Waals surface area contributed by atoms with Gasteiger partial charge < -0.3 is 15.2 Å². The predicted molar refractivity (Wildman–Crippen MR) is 56.3 cm³/mol. The molecule has 0 bridgehead atoms. The molecule has 1 atom stereocenters. The number of aromatic carboxylic acids is 1. The van der Waals surface area contributed by atoms with Crippen LogP contribution < -0.4 is 5.32 Å². The van der Waals surface area contributed by atoms with E-state index in [0.717, 1.165) is 0 Å². The molecule has 1 unspecified atom stereocenters. The summed E-state index contributed by atoms with van der Waals surface area (Å²) in [6.45, 7) is 1.61. The van der Waals surface area contributed by atoms with Crippen LogP contribution in [0.4, 0.5) is 5.69 Å². The summed E-state index contributed by atoms with van der Waals surface area (Å²) in [7, 11) is 1.28. The molecule has 0 saturated heterocycles. The van der Waals surface area contributed by atoms with Crippen molar-refractivity contribution >= 4 is 17.6 Å². The number of carboxylic acid groups (broad SMARTS) is 1. The van der Waals surface area contributed by atoms with Crippen LogP contribution in [0.5, 0.6) is 0 Å². The molecule has 0 saturated carbocycles. The van der Waals surface area contributed by atoms with E-state index in [1.807, 2.05) is 0 Å². The first-order chi connectivity index (χ1) is 7.54. The van der Waals surface area contributed by atoms with Gasteiger partial charge in [0.25, 0.3) is 0 Å². The lowest BCUT2D eigenvalue weighted by atomic mass is 10.2. The zero-order chi connectivity index (χ0) is 12.1. The Kier molecular flexibility index (Phi) is 3.82. The van der Waals surface area contributed by atoms with Gasteiger partial charge in [0.1, 0.15) is 6.04 Å². The molecule has 1 aromatic rings. The smallest absolute Gasteiger partial charge is 0.337 e. The van der Waals surface area contributed by atoms with Gasteiger partial charge in [-0.2, -0.15) is 0 Å². The zero-order valence-corrected chi connectivity index (χ0v) is 8.93. The predicted octanol–water partition coefficient (Wildman–Crippen LogP) is 0.753. The number of esters is 1. The van der Waals surface area contributed by atoms with Crippen molar-refractivity contribution in [1.29, 1.82) is 0 Å². The van der Waals surface area contributed by atoms with Crippen LogP contribution in [0.1, 0.15) is 17.3 Å². The quantitative estimate of drug-likeness (QED) is 0.734. The molecule has 0 aliphatic heterocycles. The fraction of sp³-hybridized carbons (Fsp3) is 0.300. The maximum Gasteiger partial charge on any atom is 0.337 e. The highest BCUT2D eigenvalue weighted by molar-refractivity contribution is 5.88. The number of carbonyl (C=O) groups is 2. The summed E-state index contributed by atoms with van der Waals surface area (Å²) < 4.78 is 4.52. The van der Waals surface area contributed by atoms with Crippen LogP contribution in [-0.2, 0) is 9.53 Å². The monoisotopic (exact) mass is 224 g/mol. The number of rotatable bonds is 4. The largest absolute Gasteiger partial charge is 0.478 e. The van der Waals surface area contributed by atoms with Crippen molar-refractivity contribution in [3.05, 3.63) is 24.0 Å². The van der Waals surface area contributed by atoms with E-state index in [1.54, 1.807) is 6.92 Å². The van der Waals surface area contributed by atoms with Crippen LogP contribution in [0, 0.1) is 0 Å². The third-order valence-electron chi connectivity index (χ3n) is 1.92. The third-order valence-corrected chi connectivity index (χ3v) is 1.92. The van der Waals surface area contributed by atoms with E-state index >= 15 is 0 Å². The molecule has 0 fully saturated rings. The fourth-order valence-corrected chi connectivity index (χ4v) is 1.12. The lowest BCUT2D eigenvalue weighted by Gasteiger charge is -2.12. The lowest BCUT2D eigenvalue weighted by molar-refractivity contribution is -0.141. The second-order valence-corrected chi connectivity index (χ2v) is 3.16. The molecule has 0 spiro atoms. The molecule has 86 valence electrons. The van der Waals surface area contributed by atoms with E-state index in [2.05, 4.69) is 15.0 Å². The van der Waals surface area contributed by atoms with Crippen LogP contribution >= 0.6 is 0 Å². The minimum atomic E-state index is -1.07. The minimum absolute atomic E-state index is 0.0575. The molecule has 0 aliphatic rings. The molecule has 1 rings (SSSR count). The van der Waals surface area contributed by atoms with Crippen LogP contribution in [0.2, 0.25) is 0 Å². The van der Waals surface area contributed by atoms with E-state index in [-0.39, 0.29) is 5.56 Å².